The largest absolute Gasteiger partial charge is 0.469 e. The van der Waals surface area contributed by atoms with Crippen LogP contribution in [0.15, 0.2) is 41.3 Å². The van der Waals surface area contributed by atoms with Crippen molar-refractivity contribution < 1.29 is 9.53 Å². The molecule has 3 aromatic rings. The highest BCUT2D eigenvalue weighted by atomic mass is 16.5. The van der Waals surface area contributed by atoms with Gasteiger partial charge in [-0.25, -0.2) is 9.36 Å². The third-order valence-corrected chi connectivity index (χ3v) is 3.81. The lowest BCUT2D eigenvalue weighted by Gasteiger charge is -2.05. The molecular weight excluding hydrogens is 308 g/mol. The fourth-order valence-electron chi connectivity index (χ4n) is 2.54. The minimum Gasteiger partial charge on any atom is -0.469 e. The summed E-state index contributed by atoms with van der Waals surface area (Å²) in [6.07, 6.45) is 2.55. The van der Waals surface area contributed by atoms with Crippen molar-refractivity contribution >= 4 is 16.9 Å². The molecule has 1 aromatic carbocycles. The summed E-state index contributed by atoms with van der Waals surface area (Å²) in [5.41, 5.74) is 1.73. The topological polar surface area (TPSA) is 79.0 Å². The van der Waals surface area contributed by atoms with Crippen LogP contribution in [0.25, 0.3) is 16.6 Å². The van der Waals surface area contributed by atoms with Crippen LogP contribution < -0.4 is 5.56 Å². The molecule has 0 saturated heterocycles. The first-order valence-electron chi connectivity index (χ1n) is 7.69. The number of rotatable bonds is 5. The van der Waals surface area contributed by atoms with Crippen LogP contribution in [0.4, 0.5) is 0 Å². The molecule has 7 nitrogen and oxygen atoms in total. The maximum absolute atomic E-state index is 12.6. The van der Waals surface area contributed by atoms with Crippen LogP contribution in [0.2, 0.25) is 0 Å². The second-order valence-corrected chi connectivity index (χ2v) is 5.46. The number of benzene rings is 1. The van der Waals surface area contributed by atoms with Gasteiger partial charge in [0.25, 0.3) is 5.56 Å². The predicted octanol–water partition coefficient (Wildman–Crippen LogP) is 1.84. The van der Waals surface area contributed by atoms with Gasteiger partial charge in [0.05, 0.1) is 18.5 Å². The van der Waals surface area contributed by atoms with E-state index in [2.05, 4.69) is 14.9 Å². The number of hydrogen-bond acceptors (Lipinski definition) is 5. The average Bonchev–Trinajstić information content (AvgIpc) is 3.06. The van der Waals surface area contributed by atoms with E-state index in [0.29, 0.717) is 18.5 Å². The Kier molecular flexibility index (Phi) is 4.41. The van der Waals surface area contributed by atoms with E-state index < -0.39 is 0 Å². The van der Waals surface area contributed by atoms with Gasteiger partial charge < -0.3 is 4.74 Å². The molecule has 0 fully saturated rings. The zero-order valence-corrected chi connectivity index (χ0v) is 13.6. The number of ether oxygens (including phenoxy) is 1. The summed E-state index contributed by atoms with van der Waals surface area (Å²) in [6.45, 7) is 2.19. The Labute approximate surface area is 138 Å². The molecule has 0 amide bonds. The van der Waals surface area contributed by atoms with Crippen molar-refractivity contribution in [2.75, 3.05) is 7.11 Å². The molecule has 0 aliphatic carbocycles. The second kappa shape index (κ2) is 6.66. The highest BCUT2D eigenvalue weighted by Crippen LogP contribution is 2.15. The maximum atomic E-state index is 12.6. The minimum atomic E-state index is -0.297. The van der Waals surface area contributed by atoms with E-state index in [4.69, 9.17) is 0 Å². The van der Waals surface area contributed by atoms with E-state index in [1.807, 2.05) is 43.5 Å². The molecule has 0 radical (unpaired) electrons. The van der Waals surface area contributed by atoms with Crippen molar-refractivity contribution in [3.63, 3.8) is 0 Å². The summed E-state index contributed by atoms with van der Waals surface area (Å²) in [5, 5.41) is 9.47. The molecule has 24 heavy (non-hydrogen) atoms. The van der Waals surface area contributed by atoms with E-state index in [0.717, 1.165) is 16.8 Å². The Bertz CT molecular complexity index is 928. The van der Waals surface area contributed by atoms with Gasteiger partial charge in [0.2, 0.25) is 0 Å². The van der Waals surface area contributed by atoms with Crippen LogP contribution in [0.1, 0.15) is 18.5 Å². The molecule has 0 N–H and O–H groups in total. The SMILES string of the molecule is COC(=O)CCCn1nc(C)c2cn(-c3ccccc3)nc2c1=O. The number of aryl methyl sites for hydroxylation is 2. The van der Waals surface area contributed by atoms with E-state index >= 15 is 0 Å². The van der Waals surface area contributed by atoms with Crippen molar-refractivity contribution in [1.82, 2.24) is 19.6 Å². The normalized spacial score (nSPS) is 10.9. The number of nitrogens with zero attached hydrogens (tertiary/aromatic N) is 4. The van der Waals surface area contributed by atoms with Gasteiger partial charge in [-0.1, -0.05) is 18.2 Å². The van der Waals surface area contributed by atoms with E-state index in [1.165, 1.54) is 11.8 Å². The van der Waals surface area contributed by atoms with Gasteiger partial charge in [-0.3, -0.25) is 9.59 Å². The van der Waals surface area contributed by atoms with E-state index in [-0.39, 0.29) is 17.9 Å². The predicted molar refractivity (Wildman–Crippen MR) is 89.1 cm³/mol. The molecule has 2 heterocycles. The number of methoxy groups -OCH3 is 1. The smallest absolute Gasteiger partial charge is 0.305 e. The number of carbonyl (C=O) groups is 1. The van der Waals surface area contributed by atoms with Crippen LogP contribution in [0, 0.1) is 6.92 Å². The molecule has 0 aliphatic rings. The first-order valence-corrected chi connectivity index (χ1v) is 7.69. The summed E-state index contributed by atoms with van der Waals surface area (Å²) < 4.78 is 7.65. The molecule has 124 valence electrons. The summed E-state index contributed by atoms with van der Waals surface area (Å²) in [5.74, 6) is -0.297. The highest BCUT2D eigenvalue weighted by Gasteiger charge is 2.13. The summed E-state index contributed by atoms with van der Waals surface area (Å²) in [6, 6.07) is 9.59. The second-order valence-electron chi connectivity index (χ2n) is 5.46. The van der Waals surface area contributed by atoms with Gasteiger partial charge >= 0.3 is 5.97 Å². The maximum Gasteiger partial charge on any atom is 0.305 e. The third kappa shape index (κ3) is 3.05. The molecule has 0 spiro atoms. The molecular formula is C17H18N4O3. The van der Waals surface area contributed by atoms with Crippen LogP contribution in [0.5, 0.6) is 0 Å². The number of esters is 1. The minimum absolute atomic E-state index is 0.250. The van der Waals surface area contributed by atoms with Gasteiger partial charge in [0.1, 0.15) is 0 Å². The first-order chi connectivity index (χ1) is 11.6. The molecule has 0 atom stereocenters. The van der Waals surface area contributed by atoms with Crippen LogP contribution >= 0.6 is 0 Å². The van der Waals surface area contributed by atoms with Gasteiger partial charge in [-0.15, -0.1) is 0 Å². The number of fused-ring (bicyclic) bond motifs is 1. The fourth-order valence-corrected chi connectivity index (χ4v) is 2.54. The van der Waals surface area contributed by atoms with E-state index in [1.54, 1.807) is 4.68 Å². The van der Waals surface area contributed by atoms with Crippen molar-refractivity contribution in [3.05, 3.63) is 52.6 Å². The number of para-hydroxylation sites is 1. The Morgan fingerprint density at radius 1 is 1.21 bits per heavy atom. The Balaban J connectivity index is 1.95. The van der Waals surface area contributed by atoms with Crippen molar-refractivity contribution in [1.29, 1.82) is 0 Å². The number of hydrogen-bond donors (Lipinski definition) is 0. The standard InChI is InChI=1S/C17H18N4O3/c1-12-14-11-21(13-7-4-3-5-8-13)19-16(14)17(23)20(18-12)10-6-9-15(22)24-2/h3-5,7-8,11H,6,9-10H2,1-2H3. The van der Waals surface area contributed by atoms with Crippen molar-refractivity contribution in [2.45, 2.75) is 26.3 Å². The average molecular weight is 326 g/mol. The lowest BCUT2D eigenvalue weighted by molar-refractivity contribution is -0.140. The third-order valence-electron chi connectivity index (χ3n) is 3.81. The molecule has 3 rings (SSSR count). The van der Waals surface area contributed by atoms with Gasteiger partial charge in [-0.2, -0.15) is 10.2 Å². The first kappa shape index (κ1) is 15.9. The van der Waals surface area contributed by atoms with Gasteiger partial charge in [0, 0.05) is 24.5 Å². The monoisotopic (exact) mass is 326 g/mol. The van der Waals surface area contributed by atoms with Crippen LogP contribution in [0.3, 0.4) is 0 Å². The molecule has 0 bridgehead atoms. The zero-order valence-electron chi connectivity index (χ0n) is 13.6. The molecule has 2 aromatic heterocycles. The van der Waals surface area contributed by atoms with E-state index in [9.17, 15) is 9.59 Å². The number of carbonyl (C=O) groups excluding carboxylic acids is 1. The quantitative estimate of drug-likeness (QED) is 0.669. The highest BCUT2D eigenvalue weighted by molar-refractivity contribution is 5.79. The Morgan fingerprint density at radius 3 is 2.67 bits per heavy atom. The lowest BCUT2D eigenvalue weighted by Crippen LogP contribution is -2.24. The molecule has 0 saturated carbocycles. The molecule has 0 unspecified atom stereocenters. The van der Waals surface area contributed by atoms with Gasteiger partial charge in [0.15, 0.2) is 5.52 Å². The summed E-state index contributed by atoms with van der Waals surface area (Å²) >= 11 is 0. The Morgan fingerprint density at radius 2 is 1.96 bits per heavy atom. The number of aromatic nitrogens is 4. The van der Waals surface area contributed by atoms with Crippen molar-refractivity contribution in [3.8, 4) is 5.69 Å². The summed E-state index contributed by atoms with van der Waals surface area (Å²) in [4.78, 5) is 23.8. The van der Waals surface area contributed by atoms with Crippen LogP contribution in [-0.2, 0) is 16.1 Å². The van der Waals surface area contributed by atoms with Gasteiger partial charge in [-0.05, 0) is 25.5 Å². The molecule has 7 heteroatoms. The molecule has 0 aliphatic heterocycles. The zero-order chi connectivity index (χ0) is 17.1. The fraction of sp³-hybridized carbons (Fsp3) is 0.294. The van der Waals surface area contributed by atoms with Crippen molar-refractivity contribution in [2.24, 2.45) is 0 Å². The lowest BCUT2D eigenvalue weighted by atomic mass is 10.2. The van der Waals surface area contributed by atoms with Crippen LogP contribution in [-0.4, -0.2) is 32.6 Å². The summed E-state index contributed by atoms with van der Waals surface area (Å²) in [7, 11) is 1.35. The Hall–Kier alpha value is -2.96.